The van der Waals surface area contributed by atoms with Crippen molar-refractivity contribution < 1.29 is 14.6 Å². The van der Waals surface area contributed by atoms with Crippen molar-refractivity contribution in [1.29, 1.82) is 0 Å². The van der Waals surface area contributed by atoms with Gasteiger partial charge in [-0.2, -0.15) is 0 Å². The Morgan fingerprint density at radius 3 is 2.56 bits per heavy atom. The standard InChI is InChI=1S/C15H20O3/c1-12(2)4-3-11-18-14-8-5-13(6-9-14)7-10-15(16)17/h5-10,12H,3-4,11H2,1-2H3,(H,16,17)/b10-7+. The van der Waals surface area contributed by atoms with Gasteiger partial charge in [0, 0.05) is 6.08 Å². The smallest absolute Gasteiger partial charge is 0.328 e. The first-order chi connectivity index (χ1) is 8.58. The van der Waals surface area contributed by atoms with Gasteiger partial charge < -0.3 is 9.84 Å². The third-order valence-corrected chi connectivity index (χ3v) is 2.49. The zero-order chi connectivity index (χ0) is 13.4. The van der Waals surface area contributed by atoms with E-state index in [1.54, 1.807) is 6.08 Å². The number of benzene rings is 1. The predicted molar refractivity (Wildman–Crippen MR) is 72.7 cm³/mol. The minimum Gasteiger partial charge on any atom is -0.494 e. The summed E-state index contributed by atoms with van der Waals surface area (Å²) in [7, 11) is 0. The van der Waals surface area contributed by atoms with Crippen molar-refractivity contribution in [2.24, 2.45) is 5.92 Å². The van der Waals surface area contributed by atoms with Crippen LogP contribution in [0.5, 0.6) is 5.75 Å². The van der Waals surface area contributed by atoms with Gasteiger partial charge in [0.15, 0.2) is 0 Å². The van der Waals surface area contributed by atoms with Gasteiger partial charge in [-0.3, -0.25) is 0 Å². The van der Waals surface area contributed by atoms with Crippen LogP contribution in [0, 0.1) is 5.92 Å². The minimum atomic E-state index is -0.941. The van der Waals surface area contributed by atoms with Crippen molar-refractivity contribution in [3.8, 4) is 5.75 Å². The number of rotatable bonds is 7. The van der Waals surface area contributed by atoms with Gasteiger partial charge in [0.25, 0.3) is 0 Å². The van der Waals surface area contributed by atoms with E-state index in [4.69, 9.17) is 9.84 Å². The highest BCUT2D eigenvalue weighted by atomic mass is 16.5. The second kappa shape index (κ2) is 7.54. The molecule has 1 aromatic rings. The molecule has 0 saturated carbocycles. The Hall–Kier alpha value is -1.77. The summed E-state index contributed by atoms with van der Waals surface area (Å²) in [6, 6.07) is 7.40. The highest BCUT2D eigenvalue weighted by molar-refractivity contribution is 5.85. The van der Waals surface area contributed by atoms with Gasteiger partial charge in [-0.1, -0.05) is 26.0 Å². The monoisotopic (exact) mass is 248 g/mol. The van der Waals surface area contributed by atoms with E-state index >= 15 is 0 Å². The highest BCUT2D eigenvalue weighted by Crippen LogP contribution is 2.14. The summed E-state index contributed by atoms with van der Waals surface area (Å²) in [5.74, 6) is 0.590. The zero-order valence-electron chi connectivity index (χ0n) is 10.9. The molecule has 0 amide bonds. The summed E-state index contributed by atoms with van der Waals surface area (Å²) in [4.78, 5) is 10.4. The third kappa shape index (κ3) is 6.09. The first-order valence-electron chi connectivity index (χ1n) is 6.22. The van der Waals surface area contributed by atoms with Crippen molar-refractivity contribution in [3.63, 3.8) is 0 Å². The Morgan fingerprint density at radius 2 is 2.00 bits per heavy atom. The van der Waals surface area contributed by atoms with Crippen LogP contribution in [0.2, 0.25) is 0 Å². The zero-order valence-corrected chi connectivity index (χ0v) is 10.9. The van der Waals surface area contributed by atoms with Crippen LogP contribution in [0.15, 0.2) is 30.3 Å². The van der Waals surface area contributed by atoms with Gasteiger partial charge in [-0.05, 0) is 42.5 Å². The lowest BCUT2D eigenvalue weighted by Crippen LogP contribution is -1.99. The first-order valence-corrected chi connectivity index (χ1v) is 6.22. The maximum atomic E-state index is 10.4. The molecule has 1 rings (SSSR count). The molecule has 0 bridgehead atoms. The van der Waals surface area contributed by atoms with Crippen LogP contribution in [0.25, 0.3) is 6.08 Å². The fourth-order valence-electron chi connectivity index (χ4n) is 1.52. The molecule has 1 aromatic carbocycles. The second-order valence-corrected chi connectivity index (χ2v) is 4.63. The van der Waals surface area contributed by atoms with E-state index in [0.717, 1.165) is 30.4 Å². The molecule has 0 aromatic heterocycles. The summed E-state index contributed by atoms with van der Waals surface area (Å²) < 4.78 is 5.60. The molecule has 0 atom stereocenters. The van der Waals surface area contributed by atoms with Crippen LogP contribution in [0.3, 0.4) is 0 Å². The lowest BCUT2D eigenvalue weighted by atomic mass is 10.1. The second-order valence-electron chi connectivity index (χ2n) is 4.63. The summed E-state index contributed by atoms with van der Waals surface area (Å²) >= 11 is 0. The maximum absolute atomic E-state index is 10.4. The van der Waals surface area contributed by atoms with E-state index < -0.39 is 5.97 Å². The lowest BCUT2D eigenvalue weighted by molar-refractivity contribution is -0.131. The molecule has 18 heavy (non-hydrogen) atoms. The van der Waals surface area contributed by atoms with Gasteiger partial charge in [0.2, 0.25) is 0 Å². The van der Waals surface area contributed by atoms with E-state index in [2.05, 4.69) is 13.8 Å². The molecule has 0 fully saturated rings. The van der Waals surface area contributed by atoms with Crippen LogP contribution in [0.4, 0.5) is 0 Å². The van der Waals surface area contributed by atoms with Crippen LogP contribution < -0.4 is 4.74 Å². The number of carboxylic acid groups (broad SMARTS) is 1. The molecule has 0 aliphatic rings. The third-order valence-electron chi connectivity index (χ3n) is 2.49. The van der Waals surface area contributed by atoms with E-state index in [9.17, 15) is 4.79 Å². The number of carboxylic acids is 1. The van der Waals surface area contributed by atoms with E-state index in [1.807, 2.05) is 24.3 Å². The molecule has 0 spiro atoms. The molecule has 3 heteroatoms. The fourth-order valence-corrected chi connectivity index (χ4v) is 1.52. The number of hydrogen-bond acceptors (Lipinski definition) is 2. The Balaban J connectivity index is 2.38. The van der Waals surface area contributed by atoms with E-state index in [-0.39, 0.29) is 0 Å². The molecule has 98 valence electrons. The van der Waals surface area contributed by atoms with Crippen LogP contribution >= 0.6 is 0 Å². The Kier molecular flexibility index (Phi) is 5.98. The van der Waals surface area contributed by atoms with E-state index in [0.29, 0.717) is 5.92 Å². The van der Waals surface area contributed by atoms with E-state index in [1.165, 1.54) is 6.42 Å². The fraction of sp³-hybridized carbons (Fsp3) is 0.400. The summed E-state index contributed by atoms with van der Waals surface area (Å²) in [6.45, 7) is 5.12. The predicted octanol–water partition coefficient (Wildman–Crippen LogP) is 3.60. The average molecular weight is 248 g/mol. The topological polar surface area (TPSA) is 46.5 Å². The number of ether oxygens (including phenoxy) is 1. The van der Waals surface area contributed by atoms with Crippen molar-refractivity contribution >= 4 is 12.0 Å². The molecule has 3 nitrogen and oxygen atoms in total. The summed E-state index contributed by atoms with van der Waals surface area (Å²) in [5, 5.41) is 8.51. The van der Waals surface area contributed by atoms with Gasteiger partial charge in [0.05, 0.1) is 6.61 Å². The Labute approximate surface area is 108 Å². The molecule has 0 unspecified atom stereocenters. The molecule has 0 heterocycles. The van der Waals surface area contributed by atoms with Gasteiger partial charge in [-0.25, -0.2) is 4.79 Å². The minimum absolute atomic E-state index is 0.706. The van der Waals surface area contributed by atoms with Crippen molar-refractivity contribution in [2.75, 3.05) is 6.61 Å². The van der Waals surface area contributed by atoms with Crippen molar-refractivity contribution in [2.45, 2.75) is 26.7 Å². The molecule has 0 aliphatic heterocycles. The van der Waals surface area contributed by atoms with Gasteiger partial charge >= 0.3 is 5.97 Å². The molecule has 0 saturated heterocycles. The number of carbonyl (C=O) groups is 1. The van der Waals surface area contributed by atoms with Gasteiger partial charge in [0.1, 0.15) is 5.75 Å². The number of aliphatic carboxylic acids is 1. The maximum Gasteiger partial charge on any atom is 0.328 e. The van der Waals surface area contributed by atoms with Crippen molar-refractivity contribution in [1.82, 2.24) is 0 Å². The molecule has 0 aliphatic carbocycles. The highest BCUT2D eigenvalue weighted by Gasteiger charge is 1.96. The van der Waals surface area contributed by atoms with Crippen LogP contribution in [-0.2, 0) is 4.79 Å². The molecular weight excluding hydrogens is 228 g/mol. The van der Waals surface area contributed by atoms with Crippen LogP contribution in [-0.4, -0.2) is 17.7 Å². The number of hydrogen-bond donors (Lipinski definition) is 1. The van der Waals surface area contributed by atoms with Gasteiger partial charge in [-0.15, -0.1) is 0 Å². The Bertz CT molecular complexity index is 391. The normalized spacial score (nSPS) is 11.1. The molecule has 0 radical (unpaired) electrons. The molecule has 1 N–H and O–H groups in total. The Morgan fingerprint density at radius 1 is 1.33 bits per heavy atom. The quantitative estimate of drug-likeness (QED) is 0.592. The van der Waals surface area contributed by atoms with Crippen molar-refractivity contribution in [3.05, 3.63) is 35.9 Å². The average Bonchev–Trinajstić information content (AvgIpc) is 2.33. The summed E-state index contributed by atoms with van der Waals surface area (Å²) in [6.07, 6.45) is 4.90. The molecular formula is C15H20O3. The lowest BCUT2D eigenvalue weighted by Gasteiger charge is -2.07. The summed E-state index contributed by atoms with van der Waals surface area (Å²) in [5.41, 5.74) is 0.854. The SMILES string of the molecule is CC(C)CCCOc1ccc(/C=C/C(=O)O)cc1. The van der Waals surface area contributed by atoms with Crippen LogP contribution in [0.1, 0.15) is 32.3 Å². The largest absolute Gasteiger partial charge is 0.494 e. The first kappa shape index (κ1) is 14.3.